The highest BCUT2D eigenvalue weighted by atomic mass is 16.5. The summed E-state index contributed by atoms with van der Waals surface area (Å²) in [6.45, 7) is 1.02. The molecular weight excluding hydrogens is 264 g/mol. The third-order valence-corrected chi connectivity index (χ3v) is 3.44. The van der Waals surface area contributed by atoms with Crippen LogP contribution in [0.5, 0.6) is 5.88 Å². The van der Waals surface area contributed by atoms with Crippen LogP contribution in [0.2, 0.25) is 0 Å². The Bertz CT molecular complexity index is 609. The molecule has 21 heavy (non-hydrogen) atoms. The summed E-state index contributed by atoms with van der Waals surface area (Å²) in [5, 5.41) is 2.94. The summed E-state index contributed by atoms with van der Waals surface area (Å²) < 4.78 is 5.68. The molecular formula is C17H18N2O2. The van der Waals surface area contributed by atoms with Crippen LogP contribution in [-0.4, -0.2) is 10.9 Å². The van der Waals surface area contributed by atoms with Gasteiger partial charge in [-0.1, -0.05) is 30.3 Å². The van der Waals surface area contributed by atoms with Gasteiger partial charge in [0.1, 0.15) is 6.61 Å². The Hall–Kier alpha value is -2.36. The third-order valence-electron chi connectivity index (χ3n) is 3.44. The van der Waals surface area contributed by atoms with Crippen molar-refractivity contribution in [3.63, 3.8) is 0 Å². The molecule has 1 amide bonds. The molecule has 1 fully saturated rings. The van der Waals surface area contributed by atoms with Gasteiger partial charge in [-0.3, -0.25) is 4.79 Å². The minimum atomic E-state index is 0.151. The molecule has 3 rings (SSSR count). The number of nitrogens with zero attached hydrogens (tertiary/aromatic N) is 1. The first-order valence-corrected chi connectivity index (χ1v) is 7.20. The van der Waals surface area contributed by atoms with Gasteiger partial charge >= 0.3 is 0 Å². The van der Waals surface area contributed by atoms with Gasteiger partial charge in [0.25, 0.3) is 0 Å². The van der Waals surface area contributed by atoms with Crippen LogP contribution < -0.4 is 10.1 Å². The normalized spacial score (nSPS) is 13.7. The van der Waals surface area contributed by atoms with Crippen molar-refractivity contribution in [2.45, 2.75) is 26.0 Å². The molecule has 0 bridgehead atoms. The van der Waals surface area contributed by atoms with Crippen molar-refractivity contribution >= 4 is 5.91 Å². The molecule has 1 aliphatic rings. The first-order valence-electron chi connectivity index (χ1n) is 7.20. The van der Waals surface area contributed by atoms with E-state index in [1.165, 1.54) is 0 Å². The quantitative estimate of drug-likeness (QED) is 0.886. The van der Waals surface area contributed by atoms with Crippen LogP contribution >= 0.6 is 0 Å². The minimum Gasteiger partial charge on any atom is -0.473 e. The molecule has 0 aliphatic heterocycles. The lowest BCUT2D eigenvalue weighted by Crippen LogP contribution is -2.24. The van der Waals surface area contributed by atoms with E-state index in [4.69, 9.17) is 4.74 Å². The molecule has 1 aromatic heterocycles. The molecule has 4 nitrogen and oxygen atoms in total. The van der Waals surface area contributed by atoms with E-state index in [-0.39, 0.29) is 11.8 Å². The van der Waals surface area contributed by atoms with E-state index in [0.29, 0.717) is 19.0 Å². The summed E-state index contributed by atoms with van der Waals surface area (Å²) in [5.41, 5.74) is 2.11. The Morgan fingerprint density at radius 1 is 1.19 bits per heavy atom. The molecule has 1 aliphatic carbocycles. The van der Waals surface area contributed by atoms with Crippen LogP contribution in [0.25, 0.3) is 0 Å². The van der Waals surface area contributed by atoms with Gasteiger partial charge in [0, 0.05) is 24.7 Å². The number of amides is 1. The van der Waals surface area contributed by atoms with E-state index >= 15 is 0 Å². The summed E-state index contributed by atoms with van der Waals surface area (Å²) in [7, 11) is 0. The SMILES string of the molecule is O=C(NCc1ccnc(OCc2ccccc2)c1)C1CC1. The smallest absolute Gasteiger partial charge is 0.223 e. The lowest BCUT2D eigenvalue weighted by molar-refractivity contribution is -0.122. The second kappa shape index (κ2) is 6.39. The van der Waals surface area contributed by atoms with E-state index in [9.17, 15) is 4.79 Å². The summed E-state index contributed by atoms with van der Waals surface area (Å²) in [4.78, 5) is 15.8. The molecule has 4 heteroatoms. The minimum absolute atomic E-state index is 0.151. The molecule has 0 atom stereocenters. The maximum atomic E-state index is 11.6. The van der Waals surface area contributed by atoms with Crippen molar-refractivity contribution in [2.24, 2.45) is 5.92 Å². The van der Waals surface area contributed by atoms with Crippen molar-refractivity contribution in [1.29, 1.82) is 0 Å². The Balaban J connectivity index is 1.53. The van der Waals surface area contributed by atoms with Gasteiger partial charge in [0.05, 0.1) is 0 Å². The highest BCUT2D eigenvalue weighted by molar-refractivity contribution is 5.80. The average molecular weight is 282 g/mol. The monoisotopic (exact) mass is 282 g/mol. The summed E-state index contributed by atoms with van der Waals surface area (Å²) in [5.74, 6) is 0.969. The van der Waals surface area contributed by atoms with Gasteiger partial charge < -0.3 is 10.1 Å². The van der Waals surface area contributed by atoms with Gasteiger partial charge in [-0.05, 0) is 30.0 Å². The Morgan fingerprint density at radius 3 is 2.76 bits per heavy atom. The molecule has 1 N–H and O–H groups in total. The van der Waals surface area contributed by atoms with Crippen LogP contribution in [0.1, 0.15) is 24.0 Å². The number of ether oxygens (including phenoxy) is 1. The Labute approximate surface area is 124 Å². The number of carbonyl (C=O) groups is 1. The van der Waals surface area contributed by atoms with Crippen LogP contribution in [-0.2, 0) is 17.9 Å². The van der Waals surface area contributed by atoms with Gasteiger partial charge in [-0.25, -0.2) is 4.98 Å². The van der Waals surface area contributed by atoms with E-state index in [0.717, 1.165) is 24.0 Å². The average Bonchev–Trinajstić information content (AvgIpc) is 3.37. The van der Waals surface area contributed by atoms with Gasteiger partial charge in [-0.15, -0.1) is 0 Å². The molecule has 0 unspecified atom stereocenters. The molecule has 0 spiro atoms. The van der Waals surface area contributed by atoms with Crippen molar-refractivity contribution < 1.29 is 9.53 Å². The second-order valence-electron chi connectivity index (χ2n) is 5.27. The fourth-order valence-corrected chi connectivity index (χ4v) is 2.05. The zero-order valence-electron chi connectivity index (χ0n) is 11.8. The number of carbonyl (C=O) groups excluding carboxylic acids is 1. The largest absolute Gasteiger partial charge is 0.473 e. The highest BCUT2D eigenvalue weighted by Gasteiger charge is 2.29. The predicted octanol–water partition coefficient (Wildman–Crippen LogP) is 2.69. The molecule has 1 aromatic carbocycles. The highest BCUT2D eigenvalue weighted by Crippen LogP contribution is 2.28. The maximum Gasteiger partial charge on any atom is 0.223 e. The molecule has 1 heterocycles. The predicted molar refractivity (Wildman–Crippen MR) is 79.6 cm³/mol. The van der Waals surface area contributed by atoms with Crippen molar-refractivity contribution in [3.05, 3.63) is 59.8 Å². The van der Waals surface area contributed by atoms with Crippen molar-refractivity contribution in [2.75, 3.05) is 0 Å². The van der Waals surface area contributed by atoms with Gasteiger partial charge in [0.15, 0.2) is 0 Å². The Kier molecular flexibility index (Phi) is 4.15. The number of hydrogen-bond donors (Lipinski definition) is 1. The standard InChI is InChI=1S/C17H18N2O2/c20-17(15-6-7-15)19-11-14-8-9-18-16(10-14)21-12-13-4-2-1-3-5-13/h1-5,8-10,15H,6-7,11-12H2,(H,19,20). The number of rotatable bonds is 6. The van der Waals surface area contributed by atoms with Gasteiger partial charge in [-0.2, -0.15) is 0 Å². The van der Waals surface area contributed by atoms with E-state index < -0.39 is 0 Å². The molecule has 0 radical (unpaired) electrons. The van der Waals surface area contributed by atoms with Crippen molar-refractivity contribution in [3.8, 4) is 5.88 Å². The zero-order valence-corrected chi connectivity index (χ0v) is 11.8. The van der Waals surface area contributed by atoms with Crippen LogP contribution in [0.15, 0.2) is 48.7 Å². The number of aromatic nitrogens is 1. The number of hydrogen-bond acceptors (Lipinski definition) is 3. The summed E-state index contributed by atoms with van der Waals surface area (Å²) in [6, 6.07) is 13.7. The fourth-order valence-electron chi connectivity index (χ4n) is 2.05. The topological polar surface area (TPSA) is 51.2 Å². The van der Waals surface area contributed by atoms with Gasteiger partial charge in [0.2, 0.25) is 11.8 Å². The second-order valence-corrected chi connectivity index (χ2v) is 5.27. The van der Waals surface area contributed by atoms with Crippen molar-refractivity contribution in [1.82, 2.24) is 10.3 Å². The number of benzene rings is 1. The summed E-state index contributed by atoms with van der Waals surface area (Å²) in [6.07, 6.45) is 3.75. The number of nitrogens with one attached hydrogen (secondary N) is 1. The molecule has 1 saturated carbocycles. The molecule has 0 saturated heterocycles. The third kappa shape index (κ3) is 4.05. The van der Waals surface area contributed by atoms with E-state index in [1.807, 2.05) is 42.5 Å². The lowest BCUT2D eigenvalue weighted by Gasteiger charge is -2.08. The first kappa shape index (κ1) is 13.6. The molecule has 108 valence electrons. The lowest BCUT2D eigenvalue weighted by atomic mass is 10.2. The van der Waals surface area contributed by atoms with E-state index in [2.05, 4.69) is 10.3 Å². The summed E-state index contributed by atoms with van der Waals surface area (Å²) >= 11 is 0. The Morgan fingerprint density at radius 2 is 2.00 bits per heavy atom. The van der Waals surface area contributed by atoms with Crippen LogP contribution in [0.4, 0.5) is 0 Å². The fraction of sp³-hybridized carbons (Fsp3) is 0.294. The molecule has 2 aromatic rings. The first-order chi connectivity index (χ1) is 10.3. The maximum absolute atomic E-state index is 11.6. The zero-order chi connectivity index (χ0) is 14.5. The van der Waals surface area contributed by atoms with Crippen LogP contribution in [0, 0.1) is 5.92 Å². The van der Waals surface area contributed by atoms with Crippen LogP contribution in [0.3, 0.4) is 0 Å². The van der Waals surface area contributed by atoms with E-state index in [1.54, 1.807) is 6.20 Å². The number of pyridine rings is 1.